The zero-order chi connectivity index (χ0) is 24.6. The first kappa shape index (κ1) is 25.3. The number of amides is 1. The number of aryl methyl sites for hydroxylation is 1. The lowest BCUT2D eigenvalue weighted by Gasteiger charge is -2.31. The van der Waals surface area contributed by atoms with Gasteiger partial charge in [-0.05, 0) is 44.7 Å². The average molecular weight is 497 g/mol. The molecule has 1 aromatic carbocycles. The van der Waals surface area contributed by atoms with Crippen molar-refractivity contribution < 1.29 is 4.79 Å². The molecule has 0 unspecified atom stereocenters. The number of piperidine rings is 1. The van der Waals surface area contributed by atoms with Crippen LogP contribution in [0.25, 0.3) is 4.96 Å². The van der Waals surface area contributed by atoms with Crippen LogP contribution in [0, 0.1) is 12.8 Å². The van der Waals surface area contributed by atoms with E-state index in [1.165, 1.54) is 40.3 Å². The third-order valence-corrected chi connectivity index (χ3v) is 7.42. The van der Waals surface area contributed by atoms with Crippen LogP contribution in [0.4, 0.5) is 5.13 Å². The highest BCUT2D eigenvalue weighted by Gasteiger charge is 2.27. The van der Waals surface area contributed by atoms with E-state index in [2.05, 4.69) is 62.5 Å². The van der Waals surface area contributed by atoms with Crippen molar-refractivity contribution in [1.82, 2.24) is 24.8 Å². The Morgan fingerprint density at radius 2 is 2.03 bits per heavy atom. The summed E-state index contributed by atoms with van der Waals surface area (Å²) in [6.07, 6.45) is 5.10. The molecule has 35 heavy (non-hydrogen) atoms. The second kappa shape index (κ2) is 12.3. The SMILES string of the molecule is CCCCN(CCCNC(=O)[C@H]1CCCN(c2nn3c(=O)cc(C)nc3s2)C1)Cc1ccccc1. The molecule has 8 nitrogen and oxygen atoms in total. The Labute approximate surface area is 211 Å². The third kappa shape index (κ3) is 6.89. The fraction of sp³-hybridized carbons (Fsp3) is 0.538. The Kier molecular flexibility index (Phi) is 8.87. The first-order valence-corrected chi connectivity index (χ1v) is 13.5. The molecular weight excluding hydrogens is 460 g/mol. The lowest BCUT2D eigenvalue weighted by atomic mass is 9.97. The van der Waals surface area contributed by atoms with Gasteiger partial charge < -0.3 is 10.2 Å². The normalized spacial score (nSPS) is 16.2. The molecule has 4 rings (SSSR count). The van der Waals surface area contributed by atoms with Crippen LogP contribution in [0.3, 0.4) is 0 Å². The fourth-order valence-electron chi connectivity index (χ4n) is 4.55. The highest BCUT2D eigenvalue weighted by atomic mass is 32.1. The van der Waals surface area contributed by atoms with Crippen LogP contribution in [0.15, 0.2) is 41.2 Å². The van der Waals surface area contributed by atoms with E-state index in [1.807, 2.05) is 6.92 Å². The van der Waals surface area contributed by atoms with Gasteiger partial charge >= 0.3 is 0 Å². The topological polar surface area (TPSA) is 82.8 Å². The largest absolute Gasteiger partial charge is 0.356 e. The Morgan fingerprint density at radius 1 is 1.23 bits per heavy atom. The van der Waals surface area contributed by atoms with Crippen LogP contribution in [-0.4, -0.2) is 58.1 Å². The fourth-order valence-corrected chi connectivity index (χ4v) is 5.54. The van der Waals surface area contributed by atoms with Crippen molar-refractivity contribution in [2.75, 3.05) is 37.6 Å². The van der Waals surface area contributed by atoms with Crippen molar-refractivity contribution in [3.05, 3.63) is 58.0 Å². The summed E-state index contributed by atoms with van der Waals surface area (Å²) >= 11 is 1.41. The summed E-state index contributed by atoms with van der Waals surface area (Å²) in [6, 6.07) is 12.1. The highest BCUT2D eigenvalue weighted by molar-refractivity contribution is 7.20. The quantitative estimate of drug-likeness (QED) is 0.409. The second-order valence-corrected chi connectivity index (χ2v) is 10.3. The number of carbonyl (C=O) groups excluding carboxylic acids is 1. The van der Waals surface area contributed by atoms with Crippen LogP contribution in [-0.2, 0) is 11.3 Å². The highest BCUT2D eigenvalue weighted by Crippen LogP contribution is 2.27. The second-order valence-electron chi connectivity index (χ2n) is 9.36. The monoisotopic (exact) mass is 496 g/mol. The molecule has 0 saturated carbocycles. The summed E-state index contributed by atoms with van der Waals surface area (Å²) < 4.78 is 1.36. The first-order chi connectivity index (χ1) is 17.0. The lowest BCUT2D eigenvalue weighted by Crippen LogP contribution is -2.43. The minimum Gasteiger partial charge on any atom is -0.356 e. The molecule has 3 heterocycles. The van der Waals surface area contributed by atoms with Crippen LogP contribution in [0.5, 0.6) is 0 Å². The van der Waals surface area contributed by atoms with Gasteiger partial charge in [0, 0.05) is 44.5 Å². The van der Waals surface area contributed by atoms with E-state index in [-0.39, 0.29) is 17.4 Å². The molecule has 1 fully saturated rings. The molecule has 1 aliphatic rings. The maximum atomic E-state index is 12.9. The number of fused-ring (bicyclic) bond motifs is 1. The molecule has 1 N–H and O–H groups in total. The van der Waals surface area contributed by atoms with Gasteiger partial charge in [0.15, 0.2) is 0 Å². The van der Waals surface area contributed by atoms with Crippen molar-refractivity contribution in [1.29, 1.82) is 0 Å². The van der Waals surface area contributed by atoms with Gasteiger partial charge in [0.05, 0.1) is 5.92 Å². The van der Waals surface area contributed by atoms with Gasteiger partial charge in [0.1, 0.15) is 0 Å². The number of rotatable bonds is 11. The Balaban J connectivity index is 1.27. The van der Waals surface area contributed by atoms with Gasteiger partial charge in [-0.3, -0.25) is 14.5 Å². The summed E-state index contributed by atoms with van der Waals surface area (Å²) in [5.41, 5.74) is 1.86. The van der Waals surface area contributed by atoms with E-state index in [0.717, 1.165) is 50.6 Å². The van der Waals surface area contributed by atoms with Crippen LogP contribution >= 0.6 is 11.3 Å². The molecule has 0 bridgehead atoms. The summed E-state index contributed by atoms with van der Waals surface area (Å²) in [6.45, 7) is 9.18. The molecule has 0 radical (unpaired) electrons. The molecule has 1 saturated heterocycles. The number of hydrogen-bond donors (Lipinski definition) is 1. The number of anilines is 1. The molecule has 3 aromatic rings. The molecule has 0 spiro atoms. The standard InChI is InChI=1S/C26H36N6O2S/c1-3-4-14-30(18-21-10-6-5-7-11-21)15-9-13-27-24(34)22-12-8-16-31(19-22)26-29-32-23(33)17-20(2)28-25(32)35-26/h5-7,10-11,17,22H,3-4,8-9,12-16,18-19H2,1-2H3,(H,27,34)/t22-/m0/s1. The van der Waals surface area contributed by atoms with E-state index >= 15 is 0 Å². The maximum Gasteiger partial charge on any atom is 0.275 e. The predicted octanol–water partition coefficient (Wildman–Crippen LogP) is 3.48. The molecule has 1 aliphatic heterocycles. The Morgan fingerprint density at radius 3 is 2.83 bits per heavy atom. The number of unbranched alkanes of at least 4 members (excludes halogenated alkanes) is 1. The average Bonchev–Trinajstić information content (AvgIpc) is 3.30. The van der Waals surface area contributed by atoms with E-state index in [9.17, 15) is 9.59 Å². The number of hydrogen-bond acceptors (Lipinski definition) is 7. The maximum absolute atomic E-state index is 12.9. The first-order valence-electron chi connectivity index (χ1n) is 12.7. The molecule has 2 aromatic heterocycles. The van der Waals surface area contributed by atoms with Crippen molar-refractivity contribution in [3.63, 3.8) is 0 Å². The van der Waals surface area contributed by atoms with E-state index < -0.39 is 0 Å². The Hall–Kier alpha value is -2.78. The summed E-state index contributed by atoms with van der Waals surface area (Å²) in [5.74, 6) is 0.0489. The molecule has 188 valence electrons. The lowest BCUT2D eigenvalue weighted by molar-refractivity contribution is -0.125. The van der Waals surface area contributed by atoms with Gasteiger partial charge in [-0.15, -0.1) is 5.10 Å². The molecule has 0 aliphatic carbocycles. The van der Waals surface area contributed by atoms with Gasteiger partial charge in [0.25, 0.3) is 5.56 Å². The molecule has 1 atom stereocenters. The summed E-state index contributed by atoms with van der Waals surface area (Å²) in [5, 5.41) is 8.39. The number of nitrogens with one attached hydrogen (secondary N) is 1. The van der Waals surface area contributed by atoms with Gasteiger partial charge in [-0.1, -0.05) is 55.0 Å². The van der Waals surface area contributed by atoms with Gasteiger partial charge in [0.2, 0.25) is 16.0 Å². The number of nitrogens with zero attached hydrogens (tertiary/aromatic N) is 5. The molecule has 1 amide bonds. The minimum absolute atomic E-state index is 0.0670. The van der Waals surface area contributed by atoms with E-state index in [4.69, 9.17) is 0 Å². The molecule has 9 heteroatoms. The number of carbonyl (C=O) groups is 1. The number of benzene rings is 1. The summed E-state index contributed by atoms with van der Waals surface area (Å²) in [7, 11) is 0. The number of aromatic nitrogens is 3. The summed E-state index contributed by atoms with van der Waals surface area (Å²) in [4.78, 5) is 34.7. The predicted molar refractivity (Wildman–Crippen MR) is 141 cm³/mol. The van der Waals surface area contributed by atoms with E-state index in [1.54, 1.807) is 0 Å². The third-order valence-electron chi connectivity index (χ3n) is 6.45. The smallest absolute Gasteiger partial charge is 0.275 e. The van der Waals surface area contributed by atoms with Crippen molar-refractivity contribution in [2.45, 2.75) is 52.5 Å². The zero-order valence-corrected chi connectivity index (χ0v) is 21.6. The van der Waals surface area contributed by atoms with Crippen LogP contribution in [0.1, 0.15) is 50.3 Å². The van der Waals surface area contributed by atoms with Gasteiger partial charge in [-0.2, -0.15) is 4.52 Å². The van der Waals surface area contributed by atoms with Crippen molar-refractivity contribution >= 4 is 27.3 Å². The minimum atomic E-state index is -0.165. The van der Waals surface area contributed by atoms with Gasteiger partial charge in [-0.25, -0.2) is 4.98 Å². The van der Waals surface area contributed by atoms with Crippen LogP contribution in [0.2, 0.25) is 0 Å². The zero-order valence-electron chi connectivity index (χ0n) is 20.8. The molecular formula is C26H36N6O2S. The Bertz CT molecular complexity index is 1160. The van der Waals surface area contributed by atoms with E-state index in [0.29, 0.717) is 23.7 Å². The van der Waals surface area contributed by atoms with Crippen molar-refractivity contribution in [3.8, 4) is 0 Å². The van der Waals surface area contributed by atoms with Crippen LogP contribution < -0.4 is 15.8 Å². The van der Waals surface area contributed by atoms with Crippen molar-refractivity contribution in [2.24, 2.45) is 5.92 Å².